The molecule has 0 bridgehead atoms. The first-order valence-electron chi connectivity index (χ1n) is 5.93. The number of aliphatic hydroxyl groups is 1. The van der Waals surface area contributed by atoms with E-state index in [0.717, 1.165) is 5.56 Å². The molecule has 0 saturated carbocycles. The van der Waals surface area contributed by atoms with Crippen molar-refractivity contribution in [2.24, 2.45) is 0 Å². The van der Waals surface area contributed by atoms with Crippen LogP contribution < -0.4 is 15.4 Å². The van der Waals surface area contributed by atoms with E-state index in [2.05, 4.69) is 15.6 Å². The number of nitrogens with zero attached hydrogens (tertiary/aromatic N) is 1. The Labute approximate surface area is 115 Å². The fraction of sp³-hybridized carbons (Fsp3) is 0.417. The summed E-state index contributed by atoms with van der Waals surface area (Å²) in [5, 5.41) is 22.3. The molecule has 110 valence electrons. The molecule has 8 nitrogen and oxygen atoms in total. The van der Waals surface area contributed by atoms with Crippen LogP contribution in [-0.4, -0.2) is 47.0 Å². The van der Waals surface area contributed by atoms with E-state index in [-0.39, 0.29) is 19.6 Å². The van der Waals surface area contributed by atoms with E-state index in [9.17, 15) is 9.59 Å². The molecule has 0 aliphatic rings. The van der Waals surface area contributed by atoms with Gasteiger partial charge in [-0.2, -0.15) is 0 Å². The molecule has 0 saturated heterocycles. The summed E-state index contributed by atoms with van der Waals surface area (Å²) in [6.45, 7) is -0.116. The highest BCUT2D eigenvalue weighted by Crippen LogP contribution is 2.07. The number of rotatable bonds is 7. The molecule has 1 heterocycles. The third kappa shape index (κ3) is 5.11. The van der Waals surface area contributed by atoms with Gasteiger partial charge < -0.3 is 25.6 Å². The summed E-state index contributed by atoms with van der Waals surface area (Å²) in [5.74, 6) is -0.770. The van der Waals surface area contributed by atoms with Crippen LogP contribution in [0.5, 0.6) is 5.88 Å². The van der Waals surface area contributed by atoms with Crippen molar-refractivity contribution < 1.29 is 24.5 Å². The molecule has 1 aromatic rings. The summed E-state index contributed by atoms with van der Waals surface area (Å²) in [7, 11) is 1.48. The zero-order chi connectivity index (χ0) is 15.0. The van der Waals surface area contributed by atoms with Crippen molar-refractivity contribution in [2.75, 3.05) is 13.7 Å². The number of carbonyl (C=O) groups is 2. The molecule has 20 heavy (non-hydrogen) atoms. The maximum atomic E-state index is 11.5. The van der Waals surface area contributed by atoms with Gasteiger partial charge in [0, 0.05) is 31.8 Å². The third-order valence-electron chi connectivity index (χ3n) is 2.48. The van der Waals surface area contributed by atoms with Gasteiger partial charge in [0.1, 0.15) is 6.04 Å². The second kappa shape index (κ2) is 7.95. The minimum Gasteiger partial charge on any atom is -0.481 e. The van der Waals surface area contributed by atoms with Gasteiger partial charge >= 0.3 is 12.0 Å². The summed E-state index contributed by atoms with van der Waals surface area (Å²) in [5.41, 5.74) is 0.765. The van der Waals surface area contributed by atoms with Crippen molar-refractivity contribution >= 4 is 12.0 Å². The van der Waals surface area contributed by atoms with Gasteiger partial charge in [-0.25, -0.2) is 14.6 Å². The molecule has 0 fully saturated rings. The molecule has 4 N–H and O–H groups in total. The van der Waals surface area contributed by atoms with E-state index in [0.29, 0.717) is 5.88 Å². The van der Waals surface area contributed by atoms with Crippen LogP contribution in [0.25, 0.3) is 0 Å². The van der Waals surface area contributed by atoms with Gasteiger partial charge in [0.05, 0.1) is 7.11 Å². The number of carboxylic acid groups (broad SMARTS) is 1. The molecule has 1 rings (SSSR count). The number of urea groups is 1. The number of hydrogen-bond donors (Lipinski definition) is 4. The first-order chi connectivity index (χ1) is 9.56. The highest BCUT2D eigenvalue weighted by molar-refractivity contribution is 5.82. The first-order valence-corrected chi connectivity index (χ1v) is 5.93. The summed E-state index contributed by atoms with van der Waals surface area (Å²) in [4.78, 5) is 26.3. The molecular weight excluding hydrogens is 266 g/mol. The van der Waals surface area contributed by atoms with Crippen LogP contribution in [0.2, 0.25) is 0 Å². The van der Waals surface area contributed by atoms with Crippen molar-refractivity contribution in [2.45, 2.75) is 19.0 Å². The molecule has 2 amide bonds. The van der Waals surface area contributed by atoms with Gasteiger partial charge in [-0.1, -0.05) is 0 Å². The maximum absolute atomic E-state index is 11.5. The topological polar surface area (TPSA) is 121 Å². The van der Waals surface area contributed by atoms with Crippen molar-refractivity contribution in [3.8, 4) is 5.88 Å². The van der Waals surface area contributed by atoms with Crippen LogP contribution in [0.3, 0.4) is 0 Å². The largest absolute Gasteiger partial charge is 0.481 e. The van der Waals surface area contributed by atoms with Crippen LogP contribution >= 0.6 is 0 Å². The Hall–Kier alpha value is -2.35. The lowest BCUT2D eigenvalue weighted by Crippen LogP contribution is -2.46. The molecular formula is C12H17N3O5. The zero-order valence-electron chi connectivity index (χ0n) is 11.0. The van der Waals surface area contributed by atoms with E-state index < -0.39 is 18.0 Å². The molecule has 1 aromatic heterocycles. The van der Waals surface area contributed by atoms with Crippen molar-refractivity contribution in [3.05, 3.63) is 23.9 Å². The molecule has 8 heteroatoms. The lowest BCUT2D eigenvalue weighted by molar-refractivity contribution is -0.139. The fourth-order valence-electron chi connectivity index (χ4n) is 1.45. The number of aromatic nitrogens is 1. The van der Waals surface area contributed by atoms with Crippen molar-refractivity contribution in [1.82, 2.24) is 15.6 Å². The molecule has 0 unspecified atom stereocenters. The Morgan fingerprint density at radius 3 is 2.85 bits per heavy atom. The molecule has 0 radical (unpaired) electrons. The Balaban J connectivity index is 2.47. The number of ether oxygens (including phenoxy) is 1. The van der Waals surface area contributed by atoms with Gasteiger partial charge in [-0.3, -0.25) is 0 Å². The van der Waals surface area contributed by atoms with E-state index in [1.165, 1.54) is 7.11 Å². The Kier molecular flexibility index (Phi) is 6.24. The number of methoxy groups -OCH3 is 1. The minimum absolute atomic E-state index is 0.0498. The monoisotopic (exact) mass is 283 g/mol. The van der Waals surface area contributed by atoms with Gasteiger partial charge in [0.15, 0.2) is 0 Å². The van der Waals surface area contributed by atoms with Crippen LogP contribution in [0.4, 0.5) is 4.79 Å². The van der Waals surface area contributed by atoms with Gasteiger partial charge in [0.2, 0.25) is 5.88 Å². The minimum atomic E-state index is -1.19. The summed E-state index contributed by atoms with van der Waals surface area (Å²) in [6.07, 6.45) is 1.49. The normalized spacial score (nSPS) is 11.5. The summed E-state index contributed by atoms with van der Waals surface area (Å²) < 4.78 is 4.94. The van der Waals surface area contributed by atoms with Gasteiger partial charge in [-0.15, -0.1) is 0 Å². The molecule has 1 atom stereocenters. The van der Waals surface area contributed by atoms with Crippen LogP contribution in [0.1, 0.15) is 12.0 Å². The number of aliphatic carboxylic acids is 1. The van der Waals surface area contributed by atoms with Gasteiger partial charge in [-0.05, 0) is 11.6 Å². The number of pyridine rings is 1. The lowest BCUT2D eigenvalue weighted by atomic mass is 10.2. The first kappa shape index (κ1) is 15.7. The predicted octanol–water partition coefficient (Wildman–Crippen LogP) is -0.275. The van der Waals surface area contributed by atoms with Crippen molar-refractivity contribution in [1.29, 1.82) is 0 Å². The molecule has 0 spiro atoms. The number of carbonyl (C=O) groups excluding carboxylic acids is 1. The number of amides is 2. The van der Waals surface area contributed by atoms with E-state index in [4.69, 9.17) is 14.9 Å². The second-order valence-corrected chi connectivity index (χ2v) is 3.94. The van der Waals surface area contributed by atoms with Crippen LogP contribution in [0, 0.1) is 0 Å². The van der Waals surface area contributed by atoms with Gasteiger partial charge in [0.25, 0.3) is 0 Å². The Bertz CT molecular complexity index is 466. The maximum Gasteiger partial charge on any atom is 0.326 e. The third-order valence-corrected chi connectivity index (χ3v) is 2.48. The highest BCUT2D eigenvalue weighted by Gasteiger charge is 2.18. The quantitative estimate of drug-likeness (QED) is 0.546. The number of carboxylic acids is 1. The Morgan fingerprint density at radius 1 is 1.50 bits per heavy atom. The van der Waals surface area contributed by atoms with Crippen molar-refractivity contribution in [3.63, 3.8) is 0 Å². The fourth-order valence-corrected chi connectivity index (χ4v) is 1.45. The van der Waals surface area contributed by atoms with E-state index in [1.54, 1.807) is 18.3 Å². The lowest BCUT2D eigenvalue weighted by Gasteiger charge is -2.14. The molecule has 0 aromatic carbocycles. The number of hydrogen-bond acceptors (Lipinski definition) is 5. The SMILES string of the molecule is COc1cc(CNC(=O)N[C@H](CCO)C(=O)O)ccn1. The van der Waals surface area contributed by atoms with E-state index in [1.807, 2.05) is 0 Å². The second-order valence-electron chi connectivity index (χ2n) is 3.94. The Morgan fingerprint density at radius 2 is 2.25 bits per heavy atom. The average molecular weight is 283 g/mol. The summed E-state index contributed by atoms with van der Waals surface area (Å²) >= 11 is 0. The zero-order valence-corrected chi connectivity index (χ0v) is 11.0. The van der Waals surface area contributed by atoms with E-state index >= 15 is 0 Å². The van der Waals surface area contributed by atoms with Crippen LogP contribution in [0.15, 0.2) is 18.3 Å². The predicted molar refractivity (Wildman–Crippen MR) is 69.3 cm³/mol. The van der Waals surface area contributed by atoms with Crippen LogP contribution in [-0.2, 0) is 11.3 Å². The average Bonchev–Trinajstić information content (AvgIpc) is 2.44. The number of aliphatic hydroxyl groups excluding tert-OH is 1. The summed E-state index contributed by atoms with van der Waals surface area (Å²) in [6, 6.07) is 1.61. The molecule has 0 aliphatic carbocycles. The molecule has 0 aliphatic heterocycles. The standard InChI is InChI=1S/C12H17N3O5/c1-20-10-6-8(2-4-13-10)7-14-12(19)15-9(3-5-16)11(17)18/h2,4,6,9,16H,3,5,7H2,1H3,(H,17,18)(H2,14,15,19)/t9-/m1/s1. The smallest absolute Gasteiger partial charge is 0.326 e. The number of nitrogens with one attached hydrogen (secondary N) is 2. The highest BCUT2D eigenvalue weighted by atomic mass is 16.5.